The van der Waals surface area contributed by atoms with Gasteiger partial charge in [-0.05, 0) is 70.6 Å². The molecule has 0 radical (unpaired) electrons. The number of carbonyl (C=O) groups is 2. The zero-order valence-electron chi connectivity index (χ0n) is 45.7. The Morgan fingerprint density at radius 3 is 1.28 bits per heavy atom. The Morgan fingerprint density at radius 2 is 0.812 bits per heavy atom. The van der Waals surface area contributed by atoms with Crippen molar-refractivity contribution < 1.29 is 24.5 Å². The molecule has 6 heteroatoms. The van der Waals surface area contributed by atoms with Crippen molar-refractivity contribution in [1.82, 2.24) is 5.32 Å². The van der Waals surface area contributed by atoms with Crippen molar-refractivity contribution >= 4 is 11.9 Å². The van der Waals surface area contributed by atoms with Gasteiger partial charge in [0.25, 0.3) is 0 Å². The Labute approximate surface area is 428 Å². The number of carbonyl (C=O) groups excluding carboxylic acids is 2. The highest BCUT2D eigenvalue weighted by atomic mass is 16.5. The summed E-state index contributed by atoms with van der Waals surface area (Å²) in [4.78, 5) is 26.3. The lowest BCUT2D eigenvalue weighted by molar-refractivity contribution is -0.150. The van der Waals surface area contributed by atoms with E-state index in [1.165, 1.54) is 167 Å². The van der Waals surface area contributed by atoms with E-state index in [2.05, 4.69) is 92.9 Å². The van der Waals surface area contributed by atoms with E-state index in [0.717, 1.165) is 77.0 Å². The minimum atomic E-state index is -0.817. The van der Waals surface area contributed by atoms with Gasteiger partial charge < -0.3 is 20.3 Å². The number of hydrogen-bond acceptors (Lipinski definition) is 5. The lowest BCUT2D eigenvalue weighted by Gasteiger charge is -2.24. The van der Waals surface area contributed by atoms with Crippen molar-refractivity contribution in [1.29, 1.82) is 0 Å². The molecule has 0 aliphatic rings. The molecular formula is C63H113NO5. The van der Waals surface area contributed by atoms with Crippen LogP contribution >= 0.6 is 0 Å². The van der Waals surface area contributed by atoms with Crippen LogP contribution in [-0.2, 0) is 14.3 Å². The summed E-state index contributed by atoms with van der Waals surface area (Å²) in [6, 6.07) is -0.738. The molecule has 3 N–H and O–H groups in total. The van der Waals surface area contributed by atoms with Gasteiger partial charge in [-0.25, -0.2) is 0 Å². The number of ether oxygens (including phenoxy) is 1. The van der Waals surface area contributed by atoms with Crippen molar-refractivity contribution in [3.63, 3.8) is 0 Å². The second-order valence-corrected chi connectivity index (χ2v) is 20.1. The summed E-state index contributed by atoms with van der Waals surface area (Å²) in [5.74, 6) is -0.589. The van der Waals surface area contributed by atoms with Crippen LogP contribution in [0.25, 0.3) is 0 Å². The zero-order valence-corrected chi connectivity index (χ0v) is 45.7. The van der Waals surface area contributed by atoms with E-state index in [1.54, 1.807) is 0 Å². The molecule has 3 unspecified atom stereocenters. The molecule has 0 heterocycles. The molecule has 0 aromatic carbocycles. The van der Waals surface area contributed by atoms with Crippen LogP contribution in [0, 0.1) is 0 Å². The second kappa shape index (κ2) is 56.2. The number of esters is 1. The van der Waals surface area contributed by atoms with Gasteiger partial charge in [0.1, 0.15) is 6.10 Å². The highest BCUT2D eigenvalue weighted by Crippen LogP contribution is 2.17. The Hall–Kier alpha value is -2.70. The van der Waals surface area contributed by atoms with Crippen LogP contribution in [0.3, 0.4) is 0 Å². The molecule has 0 aliphatic carbocycles. The SMILES string of the molecule is CCCCC/C=C\C/C=C\C/C=C\C/C=C\CC(CC(=O)NC(CO)C(O)CCCCCCCCCCCCCCCCCCC)OC(=O)CCCCCCC/C=C/C=C/CCCCCCCCC. The van der Waals surface area contributed by atoms with Gasteiger partial charge in [0, 0.05) is 12.8 Å². The third-order valence-electron chi connectivity index (χ3n) is 13.3. The molecule has 6 nitrogen and oxygen atoms in total. The lowest BCUT2D eigenvalue weighted by Crippen LogP contribution is -2.46. The van der Waals surface area contributed by atoms with E-state index in [0.29, 0.717) is 19.3 Å². The molecule has 0 spiro atoms. The van der Waals surface area contributed by atoms with Gasteiger partial charge >= 0.3 is 5.97 Å². The molecule has 400 valence electrons. The first-order valence-electron chi connectivity index (χ1n) is 29.7. The smallest absolute Gasteiger partial charge is 0.306 e. The summed E-state index contributed by atoms with van der Waals surface area (Å²) in [7, 11) is 0. The van der Waals surface area contributed by atoms with Gasteiger partial charge in [0.15, 0.2) is 0 Å². The molecule has 69 heavy (non-hydrogen) atoms. The molecule has 0 bridgehead atoms. The summed E-state index contributed by atoms with van der Waals surface area (Å²) in [5.41, 5.74) is 0. The molecule has 0 aromatic rings. The number of amides is 1. The summed E-state index contributed by atoms with van der Waals surface area (Å²) in [5, 5.41) is 23.9. The molecule has 0 saturated carbocycles. The van der Waals surface area contributed by atoms with Crippen LogP contribution in [0.2, 0.25) is 0 Å². The van der Waals surface area contributed by atoms with Crippen LogP contribution in [-0.4, -0.2) is 46.9 Å². The Bertz CT molecular complexity index is 1270. The molecule has 0 aromatic heterocycles. The van der Waals surface area contributed by atoms with Gasteiger partial charge in [0.2, 0.25) is 5.91 Å². The Morgan fingerprint density at radius 1 is 0.449 bits per heavy atom. The molecule has 0 fully saturated rings. The minimum absolute atomic E-state index is 0.00601. The number of unbranched alkanes of at least 4 members (excludes halogenated alkanes) is 31. The average Bonchev–Trinajstić information content (AvgIpc) is 3.34. The zero-order chi connectivity index (χ0) is 50.2. The molecular weight excluding hydrogens is 851 g/mol. The van der Waals surface area contributed by atoms with Crippen molar-refractivity contribution in [2.75, 3.05) is 6.61 Å². The van der Waals surface area contributed by atoms with Crippen LogP contribution in [0.15, 0.2) is 72.9 Å². The maximum Gasteiger partial charge on any atom is 0.306 e. The summed E-state index contributed by atoms with van der Waals surface area (Å²) < 4.78 is 5.89. The average molecular weight is 965 g/mol. The van der Waals surface area contributed by atoms with Crippen molar-refractivity contribution in [2.24, 2.45) is 0 Å². The number of nitrogens with one attached hydrogen (secondary N) is 1. The normalized spacial score (nSPS) is 13.6. The predicted octanol–water partition coefficient (Wildman–Crippen LogP) is 18.5. The molecule has 0 saturated heterocycles. The van der Waals surface area contributed by atoms with Crippen molar-refractivity contribution in [3.05, 3.63) is 72.9 Å². The molecule has 1 amide bonds. The quantitative estimate of drug-likeness (QED) is 0.0244. The maximum absolute atomic E-state index is 13.3. The van der Waals surface area contributed by atoms with Crippen molar-refractivity contribution in [2.45, 2.75) is 309 Å². The van der Waals surface area contributed by atoms with Crippen LogP contribution in [0.1, 0.15) is 290 Å². The Balaban J connectivity index is 4.66. The van der Waals surface area contributed by atoms with Gasteiger partial charge in [-0.2, -0.15) is 0 Å². The lowest BCUT2D eigenvalue weighted by atomic mass is 10.0. The first-order valence-corrected chi connectivity index (χ1v) is 29.7. The van der Waals surface area contributed by atoms with Crippen LogP contribution in [0.5, 0.6) is 0 Å². The van der Waals surface area contributed by atoms with Gasteiger partial charge in [-0.3, -0.25) is 9.59 Å². The first kappa shape index (κ1) is 66.3. The number of allylic oxidation sites excluding steroid dienone is 11. The fourth-order valence-electron chi connectivity index (χ4n) is 8.76. The van der Waals surface area contributed by atoms with E-state index < -0.39 is 18.2 Å². The third-order valence-corrected chi connectivity index (χ3v) is 13.3. The number of aliphatic hydroxyl groups is 2. The predicted molar refractivity (Wildman–Crippen MR) is 301 cm³/mol. The van der Waals surface area contributed by atoms with Gasteiger partial charge in [-0.15, -0.1) is 0 Å². The van der Waals surface area contributed by atoms with Gasteiger partial charge in [0.05, 0.1) is 25.2 Å². The maximum atomic E-state index is 13.3. The Kier molecular flexibility index (Phi) is 54.0. The van der Waals surface area contributed by atoms with E-state index >= 15 is 0 Å². The minimum Gasteiger partial charge on any atom is -0.461 e. The largest absolute Gasteiger partial charge is 0.461 e. The summed E-state index contributed by atoms with van der Waals surface area (Å²) in [6.07, 6.45) is 72.7. The molecule has 3 atom stereocenters. The third kappa shape index (κ3) is 51.5. The van der Waals surface area contributed by atoms with E-state index in [1.807, 2.05) is 6.08 Å². The highest BCUT2D eigenvalue weighted by molar-refractivity contribution is 5.77. The fourth-order valence-corrected chi connectivity index (χ4v) is 8.76. The molecule has 0 rings (SSSR count). The summed E-state index contributed by atoms with van der Waals surface area (Å²) >= 11 is 0. The van der Waals surface area contributed by atoms with Gasteiger partial charge in [-0.1, -0.05) is 273 Å². The second-order valence-electron chi connectivity index (χ2n) is 20.1. The van der Waals surface area contributed by atoms with E-state index in [-0.39, 0.29) is 24.9 Å². The number of aliphatic hydroxyl groups excluding tert-OH is 2. The first-order chi connectivity index (χ1) is 34.0. The van der Waals surface area contributed by atoms with Crippen LogP contribution in [0.4, 0.5) is 0 Å². The number of rotatable bonds is 53. The van der Waals surface area contributed by atoms with E-state index in [9.17, 15) is 19.8 Å². The standard InChI is InChI=1S/C63H113NO5/c1-4-7-10-13-16-19-22-25-28-30-32-35-38-41-44-47-50-53-56-63(68)69-59(54-51-48-45-42-39-36-33-27-24-21-18-15-12-9-6-3)57-62(67)64-60(58-65)61(66)55-52-49-46-43-40-37-34-31-29-26-23-20-17-14-11-8-5-2/h18,21,27-28,30,32-33,35,39,42,48,51,59-61,65-66H,4-17,19-20,22-26,29,31,34,36-38,40-41,43-47,49-50,52-58H2,1-3H3,(H,64,67)/b21-18-,30-28+,33-27-,35-32+,42-39-,51-48-. The van der Waals surface area contributed by atoms with Crippen molar-refractivity contribution in [3.8, 4) is 0 Å². The van der Waals surface area contributed by atoms with E-state index in [4.69, 9.17) is 4.74 Å². The topological polar surface area (TPSA) is 95.9 Å². The highest BCUT2D eigenvalue weighted by Gasteiger charge is 2.23. The molecule has 0 aliphatic heterocycles. The summed E-state index contributed by atoms with van der Waals surface area (Å²) in [6.45, 7) is 6.45. The monoisotopic (exact) mass is 964 g/mol. The number of hydrogen-bond donors (Lipinski definition) is 3. The van der Waals surface area contributed by atoms with Crippen LogP contribution < -0.4 is 5.32 Å². The fraction of sp³-hybridized carbons (Fsp3) is 0.778.